The van der Waals surface area contributed by atoms with Crippen LogP contribution in [0.4, 0.5) is 5.69 Å². The Balaban J connectivity index is 1.33. The Morgan fingerprint density at radius 2 is 2.08 bits per heavy atom. The van der Waals surface area contributed by atoms with Gasteiger partial charge >= 0.3 is 0 Å². The van der Waals surface area contributed by atoms with Gasteiger partial charge in [0.1, 0.15) is 5.75 Å². The number of amides is 2. The van der Waals surface area contributed by atoms with Gasteiger partial charge in [-0.25, -0.2) is 0 Å². The largest absolute Gasteiger partial charge is 0.482 e. The average molecular weight is 349 g/mol. The number of hydrogen-bond acceptors (Lipinski definition) is 3. The topological polar surface area (TPSA) is 72.4 Å². The number of anilines is 1. The van der Waals surface area contributed by atoms with E-state index in [-0.39, 0.29) is 18.4 Å². The molecule has 0 aliphatic carbocycles. The molecule has 4 rings (SSSR count). The molecule has 0 saturated carbocycles. The van der Waals surface area contributed by atoms with Crippen molar-refractivity contribution in [3.8, 4) is 5.75 Å². The molecule has 0 unspecified atom stereocenters. The van der Waals surface area contributed by atoms with Gasteiger partial charge in [0.15, 0.2) is 6.61 Å². The fourth-order valence-electron chi connectivity index (χ4n) is 3.11. The first kappa shape index (κ1) is 16.2. The molecule has 2 aromatic carbocycles. The zero-order valence-electron chi connectivity index (χ0n) is 14.2. The van der Waals surface area contributed by atoms with Crippen LogP contribution in [0.2, 0.25) is 0 Å². The number of fused-ring (bicyclic) bond motifs is 2. The van der Waals surface area contributed by atoms with E-state index in [1.807, 2.05) is 12.1 Å². The fourth-order valence-corrected chi connectivity index (χ4v) is 3.11. The van der Waals surface area contributed by atoms with E-state index in [0.717, 1.165) is 13.0 Å². The molecule has 2 amide bonds. The number of rotatable bonds is 5. The maximum atomic E-state index is 12.3. The number of benzene rings is 2. The highest BCUT2D eigenvalue weighted by molar-refractivity contribution is 5.99. The highest BCUT2D eigenvalue weighted by Gasteiger charge is 2.17. The van der Waals surface area contributed by atoms with Gasteiger partial charge in [-0.1, -0.05) is 18.2 Å². The lowest BCUT2D eigenvalue weighted by Gasteiger charge is -2.18. The van der Waals surface area contributed by atoms with E-state index in [1.54, 1.807) is 18.2 Å². The van der Waals surface area contributed by atoms with Gasteiger partial charge in [0, 0.05) is 30.4 Å². The summed E-state index contributed by atoms with van der Waals surface area (Å²) >= 11 is 0. The summed E-state index contributed by atoms with van der Waals surface area (Å²) in [5, 5.41) is 6.85. The van der Waals surface area contributed by atoms with Crippen molar-refractivity contribution in [1.29, 1.82) is 0 Å². The van der Waals surface area contributed by atoms with Gasteiger partial charge in [0.2, 0.25) is 0 Å². The number of carbonyl (C=O) groups is 2. The first-order valence-electron chi connectivity index (χ1n) is 8.59. The van der Waals surface area contributed by atoms with Gasteiger partial charge < -0.3 is 19.9 Å². The maximum Gasteiger partial charge on any atom is 0.262 e. The van der Waals surface area contributed by atoms with Crippen LogP contribution in [0.5, 0.6) is 5.75 Å². The van der Waals surface area contributed by atoms with Crippen LogP contribution in [0.1, 0.15) is 16.8 Å². The van der Waals surface area contributed by atoms with Crippen molar-refractivity contribution in [3.63, 3.8) is 0 Å². The second-order valence-electron chi connectivity index (χ2n) is 6.23. The Kier molecular flexibility index (Phi) is 4.31. The summed E-state index contributed by atoms with van der Waals surface area (Å²) in [5.41, 5.74) is 2.23. The smallest absolute Gasteiger partial charge is 0.262 e. The summed E-state index contributed by atoms with van der Waals surface area (Å²) in [5.74, 6) is 0.208. The van der Waals surface area contributed by atoms with Gasteiger partial charge in [0.05, 0.1) is 5.69 Å². The van der Waals surface area contributed by atoms with Crippen molar-refractivity contribution in [2.75, 3.05) is 18.5 Å². The first-order chi connectivity index (χ1) is 12.7. The molecule has 0 fully saturated rings. The van der Waals surface area contributed by atoms with Gasteiger partial charge in [-0.2, -0.15) is 0 Å². The standard InChI is InChI=1S/C20H19N3O3/c24-19-13-26-18-7-6-15(12-16(18)22-19)20(25)21-9-3-10-23-11-8-14-4-1-2-5-17(14)23/h1-2,4-8,11-12H,3,9-10,13H2,(H,21,25)(H,22,24). The Labute approximate surface area is 150 Å². The molecule has 0 bridgehead atoms. The normalized spacial score (nSPS) is 13.0. The van der Waals surface area contributed by atoms with Gasteiger partial charge in [-0.15, -0.1) is 0 Å². The number of ether oxygens (including phenoxy) is 1. The molecule has 6 heteroatoms. The minimum Gasteiger partial charge on any atom is -0.482 e. The lowest BCUT2D eigenvalue weighted by atomic mass is 10.1. The quantitative estimate of drug-likeness (QED) is 0.696. The molecule has 2 N–H and O–H groups in total. The van der Waals surface area contributed by atoms with Gasteiger partial charge in [0.25, 0.3) is 11.8 Å². The van der Waals surface area contributed by atoms with Crippen LogP contribution in [-0.2, 0) is 11.3 Å². The highest BCUT2D eigenvalue weighted by Crippen LogP contribution is 2.28. The first-order valence-corrected chi connectivity index (χ1v) is 8.59. The molecule has 0 atom stereocenters. The van der Waals surface area contributed by atoms with Crippen LogP contribution in [0, 0.1) is 0 Å². The molecule has 2 heterocycles. The van der Waals surface area contributed by atoms with Crippen molar-refractivity contribution in [2.24, 2.45) is 0 Å². The third kappa shape index (κ3) is 3.26. The predicted octanol–water partition coefficient (Wildman–Crippen LogP) is 2.79. The van der Waals surface area contributed by atoms with Crippen molar-refractivity contribution in [2.45, 2.75) is 13.0 Å². The lowest BCUT2D eigenvalue weighted by Crippen LogP contribution is -2.27. The summed E-state index contributed by atoms with van der Waals surface area (Å²) in [4.78, 5) is 23.7. The number of nitrogens with one attached hydrogen (secondary N) is 2. The Hall–Kier alpha value is -3.28. The third-order valence-corrected chi connectivity index (χ3v) is 4.42. The number of aryl methyl sites for hydroxylation is 1. The van der Waals surface area contributed by atoms with Crippen LogP contribution in [0.25, 0.3) is 10.9 Å². The lowest BCUT2D eigenvalue weighted by molar-refractivity contribution is -0.118. The molecule has 1 aromatic heterocycles. The van der Waals surface area contributed by atoms with Crippen LogP contribution >= 0.6 is 0 Å². The van der Waals surface area contributed by atoms with E-state index < -0.39 is 0 Å². The maximum absolute atomic E-state index is 12.3. The van der Waals surface area contributed by atoms with E-state index in [9.17, 15) is 9.59 Å². The molecule has 3 aromatic rings. The van der Waals surface area contributed by atoms with Crippen LogP contribution in [0.3, 0.4) is 0 Å². The zero-order chi connectivity index (χ0) is 17.9. The Bertz CT molecular complexity index is 977. The van der Waals surface area contributed by atoms with Crippen LogP contribution in [-0.4, -0.2) is 29.5 Å². The monoisotopic (exact) mass is 349 g/mol. The zero-order valence-corrected chi connectivity index (χ0v) is 14.2. The number of nitrogens with zero attached hydrogens (tertiary/aromatic N) is 1. The molecule has 1 aliphatic heterocycles. The molecule has 6 nitrogen and oxygen atoms in total. The molecule has 0 radical (unpaired) electrons. The molecule has 0 saturated heterocycles. The highest BCUT2D eigenvalue weighted by atomic mass is 16.5. The Morgan fingerprint density at radius 3 is 3.00 bits per heavy atom. The summed E-state index contributed by atoms with van der Waals surface area (Å²) in [7, 11) is 0. The molecule has 1 aliphatic rings. The summed E-state index contributed by atoms with van der Waals surface area (Å²) in [6, 6.07) is 15.4. The molecule has 0 spiro atoms. The van der Waals surface area contributed by atoms with E-state index in [1.165, 1.54) is 10.9 Å². The third-order valence-electron chi connectivity index (χ3n) is 4.42. The van der Waals surface area contributed by atoms with Crippen molar-refractivity contribution >= 4 is 28.4 Å². The predicted molar refractivity (Wildman–Crippen MR) is 99.5 cm³/mol. The SMILES string of the molecule is O=C1COc2ccc(C(=O)NCCCn3ccc4ccccc43)cc2N1. The van der Waals surface area contributed by atoms with Gasteiger partial charge in [-0.05, 0) is 42.1 Å². The minimum atomic E-state index is -0.214. The molecular formula is C20H19N3O3. The van der Waals surface area contributed by atoms with E-state index in [4.69, 9.17) is 4.74 Å². The number of carbonyl (C=O) groups excluding carboxylic acids is 2. The summed E-state index contributed by atoms with van der Waals surface area (Å²) in [6.07, 6.45) is 2.90. The Morgan fingerprint density at radius 1 is 1.19 bits per heavy atom. The minimum absolute atomic E-state index is 0.00657. The molecule has 132 valence electrons. The number of hydrogen-bond donors (Lipinski definition) is 2. The van der Waals surface area contributed by atoms with E-state index in [0.29, 0.717) is 23.5 Å². The number of aromatic nitrogens is 1. The van der Waals surface area contributed by atoms with E-state index in [2.05, 4.69) is 39.6 Å². The van der Waals surface area contributed by atoms with Crippen molar-refractivity contribution in [3.05, 3.63) is 60.3 Å². The van der Waals surface area contributed by atoms with Crippen LogP contribution < -0.4 is 15.4 Å². The van der Waals surface area contributed by atoms with Crippen LogP contribution in [0.15, 0.2) is 54.7 Å². The second kappa shape index (κ2) is 6.92. The van der Waals surface area contributed by atoms with E-state index >= 15 is 0 Å². The summed E-state index contributed by atoms with van der Waals surface area (Å²) < 4.78 is 7.49. The number of para-hydroxylation sites is 1. The van der Waals surface area contributed by atoms with Crippen molar-refractivity contribution in [1.82, 2.24) is 9.88 Å². The van der Waals surface area contributed by atoms with Gasteiger partial charge in [-0.3, -0.25) is 9.59 Å². The summed E-state index contributed by atoms with van der Waals surface area (Å²) in [6.45, 7) is 1.42. The average Bonchev–Trinajstić information content (AvgIpc) is 3.07. The molecule has 26 heavy (non-hydrogen) atoms. The fraction of sp³-hybridized carbons (Fsp3) is 0.200. The van der Waals surface area contributed by atoms with Crippen molar-refractivity contribution < 1.29 is 14.3 Å². The second-order valence-corrected chi connectivity index (χ2v) is 6.23. The molecular weight excluding hydrogens is 330 g/mol.